The Balaban J connectivity index is 2.05. The largest absolute Gasteiger partial charge is 0.378 e. The van der Waals surface area contributed by atoms with Crippen LogP contribution in [0.2, 0.25) is 5.02 Å². The highest BCUT2D eigenvalue weighted by molar-refractivity contribution is 6.34. The van der Waals surface area contributed by atoms with Crippen molar-refractivity contribution in [1.29, 1.82) is 0 Å². The SMILES string of the molecule is CC(=O)NCCC(=O)Nc1cccc(Cl)c1N1CCOCC1. The van der Waals surface area contributed by atoms with E-state index in [0.717, 1.165) is 18.8 Å². The Morgan fingerprint density at radius 3 is 2.73 bits per heavy atom. The molecule has 0 unspecified atom stereocenters. The number of morpholine rings is 1. The molecule has 0 saturated carbocycles. The fourth-order valence-corrected chi connectivity index (χ4v) is 2.58. The summed E-state index contributed by atoms with van der Waals surface area (Å²) in [7, 11) is 0. The number of nitrogens with zero attached hydrogens (tertiary/aromatic N) is 1. The van der Waals surface area contributed by atoms with Crippen LogP contribution < -0.4 is 15.5 Å². The Bertz CT molecular complexity index is 545. The van der Waals surface area contributed by atoms with Crippen molar-refractivity contribution < 1.29 is 14.3 Å². The van der Waals surface area contributed by atoms with Gasteiger partial charge in [0.05, 0.1) is 29.6 Å². The zero-order valence-corrected chi connectivity index (χ0v) is 13.3. The van der Waals surface area contributed by atoms with E-state index in [2.05, 4.69) is 15.5 Å². The number of hydrogen-bond donors (Lipinski definition) is 2. The summed E-state index contributed by atoms with van der Waals surface area (Å²) in [5.74, 6) is -0.310. The second kappa shape index (κ2) is 8.00. The van der Waals surface area contributed by atoms with Gasteiger partial charge in [-0.25, -0.2) is 0 Å². The number of hydrogen-bond acceptors (Lipinski definition) is 4. The molecular weight excluding hydrogens is 306 g/mol. The second-order valence-corrected chi connectivity index (χ2v) is 5.42. The molecule has 22 heavy (non-hydrogen) atoms. The molecular formula is C15H20ClN3O3. The first-order valence-corrected chi connectivity index (χ1v) is 7.61. The summed E-state index contributed by atoms with van der Waals surface area (Å²) in [6, 6.07) is 5.43. The van der Waals surface area contributed by atoms with Gasteiger partial charge < -0.3 is 20.3 Å². The first kappa shape index (κ1) is 16.6. The molecule has 0 atom stereocenters. The van der Waals surface area contributed by atoms with Crippen LogP contribution in [0.4, 0.5) is 11.4 Å². The molecule has 0 bridgehead atoms. The van der Waals surface area contributed by atoms with Crippen molar-refractivity contribution in [1.82, 2.24) is 5.32 Å². The lowest BCUT2D eigenvalue weighted by Gasteiger charge is -2.31. The molecule has 0 radical (unpaired) electrons. The first-order chi connectivity index (χ1) is 10.6. The molecule has 6 nitrogen and oxygen atoms in total. The number of anilines is 2. The molecule has 1 heterocycles. The number of amides is 2. The third-order valence-corrected chi connectivity index (χ3v) is 3.62. The minimum absolute atomic E-state index is 0.149. The van der Waals surface area contributed by atoms with Crippen LogP contribution >= 0.6 is 11.6 Å². The highest BCUT2D eigenvalue weighted by atomic mass is 35.5. The molecule has 0 aromatic heterocycles. The lowest BCUT2D eigenvalue weighted by molar-refractivity contribution is -0.119. The van der Waals surface area contributed by atoms with Crippen molar-refractivity contribution in [2.45, 2.75) is 13.3 Å². The standard InChI is InChI=1S/C15H20ClN3O3/c1-11(20)17-6-5-14(21)18-13-4-2-3-12(16)15(13)19-7-9-22-10-8-19/h2-4H,5-10H2,1H3,(H,17,20)(H,18,21). The zero-order valence-electron chi connectivity index (χ0n) is 12.5. The predicted octanol–water partition coefficient (Wildman–Crippen LogP) is 1.64. The summed E-state index contributed by atoms with van der Waals surface area (Å²) in [6.07, 6.45) is 0.217. The lowest BCUT2D eigenvalue weighted by atomic mass is 10.2. The van der Waals surface area contributed by atoms with Gasteiger partial charge in [0.25, 0.3) is 0 Å². The number of carbonyl (C=O) groups is 2. The van der Waals surface area contributed by atoms with Gasteiger partial charge >= 0.3 is 0 Å². The summed E-state index contributed by atoms with van der Waals surface area (Å²) in [6.45, 7) is 4.49. The van der Waals surface area contributed by atoms with Crippen LogP contribution in [0.3, 0.4) is 0 Å². The van der Waals surface area contributed by atoms with E-state index in [1.165, 1.54) is 6.92 Å². The van der Waals surface area contributed by atoms with Crippen LogP contribution in [0, 0.1) is 0 Å². The van der Waals surface area contributed by atoms with Crippen molar-refractivity contribution >= 4 is 34.8 Å². The summed E-state index contributed by atoms with van der Waals surface area (Å²) in [5, 5.41) is 6.06. The summed E-state index contributed by atoms with van der Waals surface area (Å²) < 4.78 is 5.35. The Kier molecular flexibility index (Phi) is 6.03. The van der Waals surface area contributed by atoms with Gasteiger partial charge in [0, 0.05) is 33.0 Å². The van der Waals surface area contributed by atoms with Crippen molar-refractivity contribution in [2.24, 2.45) is 0 Å². The number of para-hydroxylation sites is 1. The van der Waals surface area contributed by atoms with Crippen LogP contribution in [0.25, 0.3) is 0 Å². The maximum Gasteiger partial charge on any atom is 0.226 e. The number of benzene rings is 1. The van der Waals surface area contributed by atoms with Crippen molar-refractivity contribution in [2.75, 3.05) is 43.1 Å². The van der Waals surface area contributed by atoms with Crippen LogP contribution in [0.5, 0.6) is 0 Å². The van der Waals surface area contributed by atoms with E-state index in [-0.39, 0.29) is 18.2 Å². The third kappa shape index (κ3) is 4.61. The van der Waals surface area contributed by atoms with E-state index >= 15 is 0 Å². The minimum Gasteiger partial charge on any atom is -0.378 e. The monoisotopic (exact) mass is 325 g/mol. The molecule has 1 aliphatic rings. The quantitative estimate of drug-likeness (QED) is 0.863. The van der Waals surface area contributed by atoms with Crippen LogP contribution in [-0.4, -0.2) is 44.7 Å². The highest BCUT2D eigenvalue weighted by Gasteiger charge is 2.18. The molecule has 120 valence electrons. The van der Waals surface area contributed by atoms with Gasteiger partial charge in [0.1, 0.15) is 0 Å². The van der Waals surface area contributed by atoms with Gasteiger partial charge in [0.15, 0.2) is 0 Å². The summed E-state index contributed by atoms with van der Waals surface area (Å²) >= 11 is 6.30. The van der Waals surface area contributed by atoms with Gasteiger partial charge in [-0.2, -0.15) is 0 Å². The van der Waals surface area contributed by atoms with Gasteiger partial charge in [-0.05, 0) is 12.1 Å². The molecule has 2 amide bonds. The van der Waals surface area contributed by atoms with Crippen molar-refractivity contribution in [3.05, 3.63) is 23.2 Å². The Hall–Kier alpha value is -1.79. The molecule has 7 heteroatoms. The maximum atomic E-state index is 12.0. The molecule has 2 rings (SSSR count). The summed E-state index contributed by atoms with van der Waals surface area (Å²) in [4.78, 5) is 24.9. The van der Waals surface area contributed by atoms with Crippen molar-refractivity contribution in [3.8, 4) is 0 Å². The molecule has 1 aliphatic heterocycles. The molecule has 1 aromatic rings. The fourth-order valence-electron chi connectivity index (χ4n) is 2.29. The van der Waals surface area contributed by atoms with E-state index in [9.17, 15) is 9.59 Å². The predicted molar refractivity (Wildman–Crippen MR) is 86.4 cm³/mol. The third-order valence-electron chi connectivity index (χ3n) is 3.31. The Morgan fingerprint density at radius 2 is 2.05 bits per heavy atom. The second-order valence-electron chi connectivity index (χ2n) is 5.02. The van der Waals surface area contributed by atoms with E-state index in [0.29, 0.717) is 30.5 Å². The first-order valence-electron chi connectivity index (χ1n) is 7.23. The van der Waals surface area contributed by atoms with Crippen LogP contribution in [0.15, 0.2) is 18.2 Å². The smallest absolute Gasteiger partial charge is 0.226 e. The van der Waals surface area contributed by atoms with Crippen LogP contribution in [0.1, 0.15) is 13.3 Å². The number of halogens is 1. The minimum atomic E-state index is -0.162. The van der Waals surface area contributed by atoms with E-state index in [1.54, 1.807) is 12.1 Å². The number of ether oxygens (including phenoxy) is 1. The number of carbonyl (C=O) groups excluding carboxylic acids is 2. The Labute approximate surface area is 134 Å². The normalized spacial score (nSPS) is 14.5. The van der Waals surface area contributed by atoms with E-state index in [4.69, 9.17) is 16.3 Å². The zero-order chi connectivity index (χ0) is 15.9. The maximum absolute atomic E-state index is 12.0. The van der Waals surface area contributed by atoms with Gasteiger partial charge in [-0.15, -0.1) is 0 Å². The number of rotatable bonds is 5. The molecule has 0 aliphatic carbocycles. The highest BCUT2D eigenvalue weighted by Crippen LogP contribution is 2.34. The molecule has 1 aromatic carbocycles. The number of nitrogens with one attached hydrogen (secondary N) is 2. The molecule has 2 N–H and O–H groups in total. The molecule has 1 fully saturated rings. The molecule has 0 spiro atoms. The van der Waals surface area contributed by atoms with Gasteiger partial charge in [0.2, 0.25) is 11.8 Å². The van der Waals surface area contributed by atoms with Crippen molar-refractivity contribution in [3.63, 3.8) is 0 Å². The van der Waals surface area contributed by atoms with Gasteiger partial charge in [-0.1, -0.05) is 17.7 Å². The van der Waals surface area contributed by atoms with Crippen LogP contribution in [-0.2, 0) is 14.3 Å². The average molecular weight is 326 g/mol. The fraction of sp³-hybridized carbons (Fsp3) is 0.467. The van der Waals surface area contributed by atoms with Gasteiger partial charge in [-0.3, -0.25) is 9.59 Å². The Morgan fingerprint density at radius 1 is 1.32 bits per heavy atom. The molecule has 1 saturated heterocycles. The lowest BCUT2D eigenvalue weighted by Crippen LogP contribution is -2.37. The van der Waals surface area contributed by atoms with E-state index in [1.807, 2.05) is 6.07 Å². The summed E-state index contributed by atoms with van der Waals surface area (Å²) in [5.41, 5.74) is 1.50. The van der Waals surface area contributed by atoms with E-state index < -0.39 is 0 Å². The average Bonchev–Trinajstić information content (AvgIpc) is 2.48. The topological polar surface area (TPSA) is 70.7 Å².